The molecule has 0 aromatic heterocycles. The average Bonchev–Trinajstić information content (AvgIpc) is 2.35. The van der Waals surface area contributed by atoms with Crippen molar-refractivity contribution in [3.63, 3.8) is 0 Å². The Hall–Kier alpha value is -1.55. The molecule has 1 aromatic carbocycles. The zero-order valence-corrected chi connectivity index (χ0v) is 10.5. The van der Waals surface area contributed by atoms with Crippen LogP contribution in [0, 0.1) is 6.92 Å². The van der Waals surface area contributed by atoms with Crippen molar-refractivity contribution in [2.24, 2.45) is 5.73 Å². The summed E-state index contributed by atoms with van der Waals surface area (Å²) in [5.41, 5.74) is 8.07. The first-order chi connectivity index (χ1) is 8.08. The summed E-state index contributed by atoms with van der Waals surface area (Å²) in [6, 6.07) is 5.64. The van der Waals surface area contributed by atoms with E-state index in [0.29, 0.717) is 12.8 Å². The largest absolute Gasteiger partial charge is 0.496 e. The highest BCUT2D eigenvalue weighted by atomic mass is 16.5. The molecule has 0 heterocycles. The quantitative estimate of drug-likeness (QED) is 0.795. The molecule has 17 heavy (non-hydrogen) atoms. The van der Waals surface area contributed by atoms with E-state index < -0.39 is 0 Å². The molecule has 0 saturated heterocycles. The first-order valence-corrected chi connectivity index (χ1v) is 5.55. The van der Waals surface area contributed by atoms with Gasteiger partial charge in [-0.2, -0.15) is 0 Å². The molecule has 1 rings (SSSR count). The Morgan fingerprint density at radius 1 is 1.41 bits per heavy atom. The Balaban J connectivity index is 2.74. The van der Waals surface area contributed by atoms with Gasteiger partial charge in [0.05, 0.1) is 14.2 Å². The number of methoxy groups -OCH3 is 2. The summed E-state index contributed by atoms with van der Waals surface area (Å²) >= 11 is 0. The van der Waals surface area contributed by atoms with Crippen LogP contribution in [0.2, 0.25) is 0 Å². The van der Waals surface area contributed by atoms with Crippen molar-refractivity contribution in [3.05, 3.63) is 29.3 Å². The van der Waals surface area contributed by atoms with Gasteiger partial charge in [-0.15, -0.1) is 0 Å². The molecule has 2 N–H and O–H groups in total. The van der Waals surface area contributed by atoms with Crippen LogP contribution in [0.5, 0.6) is 5.75 Å². The van der Waals surface area contributed by atoms with Crippen LogP contribution < -0.4 is 10.5 Å². The lowest BCUT2D eigenvalue weighted by Crippen LogP contribution is -2.14. The number of aryl methyl sites for hydroxylation is 1. The molecule has 0 radical (unpaired) electrons. The van der Waals surface area contributed by atoms with Crippen molar-refractivity contribution in [2.45, 2.75) is 25.8 Å². The van der Waals surface area contributed by atoms with E-state index in [-0.39, 0.29) is 12.0 Å². The summed E-state index contributed by atoms with van der Waals surface area (Å²) < 4.78 is 9.87. The Bertz CT molecular complexity index is 390. The third-order valence-electron chi connectivity index (χ3n) is 2.68. The van der Waals surface area contributed by atoms with E-state index in [1.54, 1.807) is 7.11 Å². The minimum atomic E-state index is -0.244. The van der Waals surface area contributed by atoms with Crippen LogP contribution in [0.3, 0.4) is 0 Å². The number of benzene rings is 1. The molecular formula is C13H19NO3. The normalized spacial score (nSPS) is 12.0. The fraction of sp³-hybridized carbons (Fsp3) is 0.462. The second kappa shape index (κ2) is 6.25. The van der Waals surface area contributed by atoms with Gasteiger partial charge in [-0.3, -0.25) is 4.79 Å². The van der Waals surface area contributed by atoms with Gasteiger partial charge in [-0.05, 0) is 25.0 Å². The number of carbonyl (C=O) groups is 1. The van der Waals surface area contributed by atoms with Crippen molar-refractivity contribution in [2.75, 3.05) is 14.2 Å². The summed E-state index contributed by atoms with van der Waals surface area (Å²) in [5.74, 6) is 0.522. The molecule has 1 atom stereocenters. The number of esters is 1. The number of hydrogen-bond donors (Lipinski definition) is 1. The van der Waals surface area contributed by atoms with Gasteiger partial charge in [0.25, 0.3) is 0 Å². The van der Waals surface area contributed by atoms with E-state index in [1.807, 2.05) is 25.1 Å². The molecule has 0 aliphatic carbocycles. The van der Waals surface area contributed by atoms with E-state index in [2.05, 4.69) is 4.74 Å². The number of hydrogen-bond acceptors (Lipinski definition) is 4. The van der Waals surface area contributed by atoms with E-state index in [1.165, 1.54) is 7.11 Å². The number of carbonyl (C=O) groups excluding carboxylic acids is 1. The topological polar surface area (TPSA) is 61.5 Å². The molecule has 0 bridgehead atoms. The average molecular weight is 237 g/mol. The van der Waals surface area contributed by atoms with Crippen molar-refractivity contribution in [3.8, 4) is 5.75 Å². The molecule has 0 spiro atoms. The monoisotopic (exact) mass is 237 g/mol. The predicted octanol–water partition coefficient (Wildman–Crippen LogP) is 1.96. The Labute approximate surface area is 102 Å². The summed E-state index contributed by atoms with van der Waals surface area (Å²) in [4.78, 5) is 11.0. The molecule has 4 nitrogen and oxygen atoms in total. The van der Waals surface area contributed by atoms with Gasteiger partial charge in [0.2, 0.25) is 0 Å². The zero-order chi connectivity index (χ0) is 12.8. The lowest BCUT2D eigenvalue weighted by atomic mass is 10.0. The maximum Gasteiger partial charge on any atom is 0.305 e. The molecule has 4 heteroatoms. The van der Waals surface area contributed by atoms with Crippen LogP contribution in [0.4, 0.5) is 0 Å². The van der Waals surface area contributed by atoms with Gasteiger partial charge in [0.15, 0.2) is 0 Å². The third-order valence-corrected chi connectivity index (χ3v) is 2.68. The summed E-state index contributed by atoms with van der Waals surface area (Å²) in [5, 5.41) is 0. The minimum absolute atomic E-state index is 0.218. The van der Waals surface area contributed by atoms with Gasteiger partial charge >= 0.3 is 5.97 Å². The van der Waals surface area contributed by atoms with Crippen LogP contribution in [-0.2, 0) is 9.53 Å². The molecule has 0 aliphatic rings. The maximum atomic E-state index is 11.0. The van der Waals surface area contributed by atoms with Crippen molar-refractivity contribution in [1.82, 2.24) is 0 Å². The molecule has 0 aliphatic heterocycles. The highest BCUT2D eigenvalue weighted by Gasteiger charge is 2.13. The smallest absolute Gasteiger partial charge is 0.305 e. The molecule has 0 saturated carbocycles. The maximum absolute atomic E-state index is 11.0. The molecule has 94 valence electrons. The molecule has 0 fully saturated rings. The van der Waals surface area contributed by atoms with Gasteiger partial charge < -0.3 is 15.2 Å². The van der Waals surface area contributed by atoms with E-state index in [0.717, 1.165) is 16.9 Å². The van der Waals surface area contributed by atoms with E-state index >= 15 is 0 Å². The van der Waals surface area contributed by atoms with Crippen LogP contribution >= 0.6 is 0 Å². The van der Waals surface area contributed by atoms with Gasteiger partial charge in [0, 0.05) is 18.0 Å². The van der Waals surface area contributed by atoms with Gasteiger partial charge in [-0.1, -0.05) is 12.1 Å². The molecule has 1 aromatic rings. The SMILES string of the molecule is COC(=O)CCC(N)c1ccc(C)cc1OC. The minimum Gasteiger partial charge on any atom is -0.496 e. The fourth-order valence-corrected chi connectivity index (χ4v) is 1.66. The first-order valence-electron chi connectivity index (χ1n) is 5.55. The van der Waals surface area contributed by atoms with Crippen LogP contribution in [0.25, 0.3) is 0 Å². The molecule has 1 unspecified atom stereocenters. The second-order valence-corrected chi connectivity index (χ2v) is 3.97. The Kier molecular flexibility index (Phi) is 4.97. The second-order valence-electron chi connectivity index (χ2n) is 3.97. The number of nitrogens with two attached hydrogens (primary N) is 1. The zero-order valence-electron chi connectivity index (χ0n) is 10.5. The standard InChI is InChI=1S/C13H19NO3/c1-9-4-5-10(12(8-9)16-2)11(14)6-7-13(15)17-3/h4-5,8,11H,6-7,14H2,1-3H3. The third kappa shape index (κ3) is 3.75. The van der Waals surface area contributed by atoms with Crippen LogP contribution in [0.1, 0.15) is 30.0 Å². The van der Waals surface area contributed by atoms with Crippen LogP contribution in [0.15, 0.2) is 18.2 Å². The number of ether oxygens (including phenoxy) is 2. The molecule has 0 amide bonds. The predicted molar refractivity (Wildman–Crippen MR) is 65.9 cm³/mol. The van der Waals surface area contributed by atoms with E-state index in [9.17, 15) is 4.79 Å². The van der Waals surface area contributed by atoms with Crippen molar-refractivity contribution < 1.29 is 14.3 Å². The van der Waals surface area contributed by atoms with Gasteiger partial charge in [-0.25, -0.2) is 0 Å². The first kappa shape index (κ1) is 13.5. The van der Waals surface area contributed by atoms with Crippen molar-refractivity contribution in [1.29, 1.82) is 0 Å². The summed E-state index contributed by atoms with van der Waals surface area (Å²) in [6.45, 7) is 1.99. The molecular weight excluding hydrogens is 218 g/mol. The summed E-state index contributed by atoms with van der Waals surface area (Å²) in [6.07, 6.45) is 0.862. The fourth-order valence-electron chi connectivity index (χ4n) is 1.66. The van der Waals surface area contributed by atoms with E-state index in [4.69, 9.17) is 10.5 Å². The number of rotatable bonds is 5. The van der Waals surface area contributed by atoms with Crippen molar-refractivity contribution >= 4 is 5.97 Å². The highest BCUT2D eigenvalue weighted by Crippen LogP contribution is 2.27. The lowest BCUT2D eigenvalue weighted by Gasteiger charge is -2.15. The van der Waals surface area contributed by atoms with Crippen LogP contribution in [-0.4, -0.2) is 20.2 Å². The summed E-state index contributed by atoms with van der Waals surface area (Å²) in [7, 11) is 2.99. The van der Waals surface area contributed by atoms with Gasteiger partial charge in [0.1, 0.15) is 5.75 Å². The highest BCUT2D eigenvalue weighted by molar-refractivity contribution is 5.69. The Morgan fingerprint density at radius 2 is 2.12 bits per heavy atom. The Morgan fingerprint density at radius 3 is 2.71 bits per heavy atom. The lowest BCUT2D eigenvalue weighted by molar-refractivity contribution is -0.140.